The van der Waals surface area contributed by atoms with E-state index in [0.29, 0.717) is 13.0 Å². The van der Waals surface area contributed by atoms with Crippen LogP contribution in [-0.4, -0.2) is 25.5 Å². The number of hydrogen-bond acceptors (Lipinski definition) is 4. The number of methoxy groups -OCH3 is 1. The Morgan fingerprint density at radius 3 is 2.44 bits per heavy atom. The molecule has 18 heavy (non-hydrogen) atoms. The monoisotopic (exact) mass is 250 g/mol. The molecule has 1 aromatic carbocycles. The summed E-state index contributed by atoms with van der Waals surface area (Å²) in [5, 5.41) is 12.8. The second kappa shape index (κ2) is 7.32. The summed E-state index contributed by atoms with van der Waals surface area (Å²) in [6.07, 6.45) is 0.417. The average Bonchev–Trinajstić information content (AvgIpc) is 2.37. The molecule has 5 nitrogen and oxygen atoms in total. The number of rotatable bonds is 7. The average molecular weight is 250 g/mol. The highest BCUT2D eigenvalue weighted by Crippen LogP contribution is 2.11. The quantitative estimate of drug-likeness (QED) is 0.732. The predicted molar refractivity (Wildman–Crippen MR) is 63.9 cm³/mol. The molecule has 1 aromatic rings. The Bertz CT molecular complexity index is 400. The van der Waals surface area contributed by atoms with Gasteiger partial charge in [0.25, 0.3) is 0 Å². The molecule has 0 spiro atoms. The van der Waals surface area contributed by atoms with Gasteiger partial charge in [-0.1, -0.05) is 12.1 Å². The Hall–Kier alpha value is -2.04. The standard InChI is InChI=1S/C13H17NO4/c1-18-11-4-2-10(3-5-11)8-9-14-12(15)6-7-13(16)17/h2-5H,6-9H2,1H3,(H,14,15)(H,16,17)/p-1. The fourth-order valence-electron chi connectivity index (χ4n) is 1.44. The van der Waals surface area contributed by atoms with Crippen molar-refractivity contribution in [1.29, 1.82) is 0 Å². The molecule has 0 unspecified atom stereocenters. The Kier molecular flexibility index (Phi) is 5.70. The van der Waals surface area contributed by atoms with Crippen molar-refractivity contribution in [1.82, 2.24) is 5.32 Å². The number of carboxylic acid groups (broad SMARTS) is 1. The van der Waals surface area contributed by atoms with Gasteiger partial charge in [-0.3, -0.25) is 4.79 Å². The van der Waals surface area contributed by atoms with E-state index in [2.05, 4.69) is 5.32 Å². The maximum absolute atomic E-state index is 11.2. The normalized spacial score (nSPS) is 9.83. The van der Waals surface area contributed by atoms with Gasteiger partial charge in [-0.05, 0) is 30.5 Å². The molecular formula is C13H16NO4-. The van der Waals surface area contributed by atoms with E-state index in [1.54, 1.807) is 7.11 Å². The van der Waals surface area contributed by atoms with Crippen LogP contribution in [0.5, 0.6) is 5.75 Å². The number of carbonyl (C=O) groups excluding carboxylic acids is 2. The highest BCUT2D eigenvalue weighted by molar-refractivity contribution is 5.79. The third-order valence-electron chi connectivity index (χ3n) is 2.45. The van der Waals surface area contributed by atoms with Crippen LogP contribution >= 0.6 is 0 Å². The number of carboxylic acids is 1. The number of hydrogen-bond donors (Lipinski definition) is 1. The smallest absolute Gasteiger partial charge is 0.220 e. The molecule has 0 radical (unpaired) electrons. The van der Waals surface area contributed by atoms with Crippen LogP contribution in [0.15, 0.2) is 24.3 Å². The van der Waals surface area contributed by atoms with Gasteiger partial charge < -0.3 is 20.0 Å². The van der Waals surface area contributed by atoms with E-state index in [-0.39, 0.29) is 18.7 Å². The van der Waals surface area contributed by atoms with Crippen molar-refractivity contribution in [2.24, 2.45) is 0 Å². The van der Waals surface area contributed by atoms with Crippen LogP contribution in [0, 0.1) is 0 Å². The number of ether oxygens (including phenoxy) is 1. The minimum Gasteiger partial charge on any atom is -0.550 e. The Morgan fingerprint density at radius 1 is 1.22 bits per heavy atom. The topological polar surface area (TPSA) is 78.5 Å². The van der Waals surface area contributed by atoms with Crippen LogP contribution in [0.3, 0.4) is 0 Å². The fourth-order valence-corrected chi connectivity index (χ4v) is 1.44. The number of aliphatic carboxylic acids is 1. The van der Waals surface area contributed by atoms with Crippen molar-refractivity contribution >= 4 is 11.9 Å². The van der Waals surface area contributed by atoms with Gasteiger partial charge in [0.05, 0.1) is 7.11 Å². The van der Waals surface area contributed by atoms with Crippen LogP contribution in [0.25, 0.3) is 0 Å². The van der Waals surface area contributed by atoms with E-state index >= 15 is 0 Å². The summed E-state index contributed by atoms with van der Waals surface area (Å²) in [5.41, 5.74) is 1.08. The van der Waals surface area contributed by atoms with Crippen LogP contribution in [0.1, 0.15) is 18.4 Å². The molecule has 1 amide bonds. The molecule has 0 aliphatic heterocycles. The lowest BCUT2D eigenvalue weighted by atomic mass is 10.1. The fraction of sp³-hybridized carbons (Fsp3) is 0.385. The van der Waals surface area contributed by atoms with E-state index in [1.165, 1.54) is 0 Å². The summed E-state index contributed by atoms with van der Waals surface area (Å²) in [7, 11) is 1.60. The van der Waals surface area contributed by atoms with Crippen LogP contribution in [0.2, 0.25) is 0 Å². The number of nitrogens with one attached hydrogen (secondary N) is 1. The summed E-state index contributed by atoms with van der Waals surface area (Å²) in [6.45, 7) is 0.484. The maximum Gasteiger partial charge on any atom is 0.220 e. The third-order valence-corrected chi connectivity index (χ3v) is 2.45. The van der Waals surface area contributed by atoms with Gasteiger partial charge in [0.15, 0.2) is 0 Å². The number of benzene rings is 1. The first kappa shape index (κ1) is 14.0. The van der Waals surface area contributed by atoms with Gasteiger partial charge in [0.2, 0.25) is 5.91 Å². The number of carbonyl (C=O) groups is 2. The molecule has 0 aliphatic rings. The predicted octanol–water partition coefficient (Wildman–Crippen LogP) is -0.116. The summed E-state index contributed by atoms with van der Waals surface area (Å²) in [4.78, 5) is 21.4. The summed E-state index contributed by atoms with van der Waals surface area (Å²) < 4.78 is 5.03. The third kappa shape index (κ3) is 5.34. The maximum atomic E-state index is 11.2. The molecule has 0 saturated carbocycles. The zero-order chi connectivity index (χ0) is 13.4. The van der Waals surface area contributed by atoms with Gasteiger partial charge in [-0.2, -0.15) is 0 Å². The first-order valence-corrected chi connectivity index (χ1v) is 5.71. The van der Waals surface area contributed by atoms with Crippen molar-refractivity contribution < 1.29 is 19.4 Å². The minimum atomic E-state index is -1.21. The van der Waals surface area contributed by atoms with E-state index in [4.69, 9.17) is 4.74 Å². The lowest BCUT2D eigenvalue weighted by Gasteiger charge is -2.06. The Morgan fingerprint density at radius 2 is 1.89 bits per heavy atom. The molecule has 0 atom stereocenters. The van der Waals surface area contributed by atoms with Gasteiger partial charge in [0, 0.05) is 18.9 Å². The molecule has 98 valence electrons. The molecule has 1 N–H and O–H groups in total. The van der Waals surface area contributed by atoms with Gasteiger partial charge in [-0.15, -0.1) is 0 Å². The molecule has 0 aliphatic carbocycles. The van der Waals surface area contributed by atoms with Crippen molar-refractivity contribution in [3.8, 4) is 5.75 Å². The molecule has 0 heterocycles. The van der Waals surface area contributed by atoms with Crippen molar-refractivity contribution in [3.63, 3.8) is 0 Å². The van der Waals surface area contributed by atoms with Gasteiger partial charge in [-0.25, -0.2) is 0 Å². The largest absolute Gasteiger partial charge is 0.550 e. The molecule has 1 rings (SSSR count). The van der Waals surface area contributed by atoms with Gasteiger partial charge >= 0.3 is 0 Å². The molecule has 0 fully saturated rings. The first-order chi connectivity index (χ1) is 8.61. The van der Waals surface area contributed by atoms with Crippen molar-refractivity contribution in [2.75, 3.05) is 13.7 Å². The molecule has 0 saturated heterocycles. The van der Waals surface area contributed by atoms with E-state index in [1.807, 2.05) is 24.3 Å². The van der Waals surface area contributed by atoms with Crippen LogP contribution in [-0.2, 0) is 16.0 Å². The number of amides is 1. The first-order valence-electron chi connectivity index (χ1n) is 5.71. The summed E-state index contributed by atoms with van der Waals surface area (Å²) >= 11 is 0. The van der Waals surface area contributed by atoms with E-state index in [9.17, 15) is 14.7 Å². The highest BCUT2D eigenvalue weighted by atomic mass is 16.5. The van der Waals surface area contributed by atoms with Gasteiger partial charge in [0.1, 0.15) is 5.75 Å². The van der Waals surface area contributed by atoms with Crippen LogP contribution < -0.4 is 15.2 Å². The SMILES string of the molecule is COc1ccc(CCNC(=O)CCC(=O)[O-])cc1. The molecular weight excluding hydrogens is 234 g/mol. The highest BCUT2D eigenvalue weighted by Gasteiger charge is 2.01. The van der Waals surface area contributed by atoms with Crippen molar-refractivity contribution in [3.05, 3.63) is 29.8 Å². The Balaban J connectivity index is 2.24. The van der Waals surface area contributed by atoms with Crippen LogP contribution in [0.4, 0.5) is 0 Å². The second-order valence-corrected chi connectivity index (χ2v) is 3.82. The van der Waals surface area contributed by atoms with E-state index in [0.717, 1.165) is 11.3 Å². The zero-order valence-electron chi connectivity index (χ0n) is 10.3. The lowest BCUT2D eigenvalue weighted by molar-refractivity contribution is -0.305. The molecule has 5 heteroatoms. The Labute approximate surface area is 106 Å². The zero-order valence-corrected chi connectivity index (χ0v) is 10.3. The van der Waals surface area contributed by atoms with E-state index < -0.39 is 5.97 Å². The summed E-state index contributed by atoms with van der Waals surface area (Å²) in [5.74, 6) is -0.690. The lowest BCUT2D eigenvalue weighted by Crippen LogP contribution is -2.29. The summed E-state index contributed by atoms with van der Waals surface area (Å²) in [6, 6.07) is 7.55. The molecule has 0 aromatic heterocycles. The van der Waals surface area contributed by atoms with Crippen molar-refractivity contribution in [2.45, 2.75) is 19.3 Å². The second-order valence-electron chi connectivity index (χ2n) is 3.82. The molecule has 0 bridgehead atoms. The minimum absolute atomic E-state index is 0.0368.